The van der Waals surface area contributed by atoms with E-state index in [9.17, 15) is 14.7 Å². The number of benzene rings is 4. The lowest BCUT2D eigenvalue weighted by atomic mass is 9.84. The van der Waals surface area contributed by atoms with Gasteiger partial charge in [0.15, 0.2) is 11.6 Å². The van der Waals surface area contributed by atoms with Crippen molar-refractivity contribution in [1.82, 2.24) is 0 Å². The minimum atomic E-state index is -0.192. The standard InChI is InChI=1S/C24H14N2O3/c27-22-12-11-21(15-5-1-2-6-16(15)22)26-25-14-9-10-19-20(13-14)24(29)18-8-4-3-7-17(18)23(19)28/h1-13,27H. The molecular formula is C24H14N2O3. The number of aromatic hydroxyl groups is 1. The molecule has 0 atom stereocenters. The lowest BCUT2D eigenvalue weighted by Gasteiger charge is -2.17. The molecule has 0 heterocycles. The maximum atomic E-state index is 12.8. The van der Waals surface area contributed by atoms with Crippen molar-refractivity contribution < 1.29 is 14.7 Å². The van der Waals surface area contributed by atoms with E-state index in [0.717, 1.165) is 5.39 Å². The highest BCUT2D eigenvalue weighted by Crippen LogP contribution is 2.34. The fourth-order valence-corrected chi connectivity index (χ4v) is 3.62. The molecule has 1 aliphatic rings. The Morgan fingerprint density at radius 1 is 0.586 bits per heavy atom. The number of azo groups is 1. The number of phenolic OH excluding ortho intramolecular Hbond substituents is 1. The molecule has 4 aromatic carbocycles. The number of hydrogen-bond donors (Lipinski definition) is 1. The van der Waals surface area contributed by atoms with Gasteiger partial charge in [-0.05, 0) is 30.3 Å². The fraction of sp³-hybridized carbons (Fsp3) is 0. The van der Waals surface area contributed by atoms with Crippen molar-refractivity contribution in [1.29, 1.82) is 0 Å². The van der Waals surface area contributed by atoms with Gasteiger partial charge in [-0.25, -0.2) is 0 Å². The van der Waals surface area contributed by atoms with Crippen LogP contribution in [0.4, 0.5) is 11.4 Å². The van der Waals surface area contributed by atoms with Crippen molar-refractivity contribution in [2.45, 2.75) is 0 Å². The minimum absolute atomic E-state index is 0.164. The zero-order valence-corrected chi connectivity index (χ0v) is 15.2. The van der Waals surface area contributed by atoms with E-state index in [-0.39, 0.29) is 17.3 Å². The van der Waals surface area contributed by atoms with Crippen LogP contribution in [0, 0.1) is 0 Å². The third-order valence-electron chi connectivity index (χ3n) is 5.06. The van der Waals surface area contributed by atoms with Gasteiger partial charge in [0.25, 0.3) is 0 Å². The molecule has 0 saturated heterocycles. The van der Waals surface area contributed by atoms with Crippen LogP contribution >= 0.6 is 0 Å². The molecule has 0 saturated carbocycles. The Hall–Kier alpha value is -4.12. The van der Waals surface area contributed by atoms with E-state index in [2.05, 4.69) is 10.2 Å². The van der Waals surface area contributed by atoms with Crippen molar-refractivity contribution in [2.24, 2.45) is 10.2 Å². The van der Waals surface area contributed by atoms with Gasteiger partial charge in [-0.15, -0.1) is 5.11 Å². The van der Waals surface area contributed by atoms with Gasteiger partial charge in [-0.3, -0.25) is 9.59 Å². The summed E-state index contributed by atoms with van der Waals surface area (Å²) in [6.45, 7) is 0. The Balaban J connectivity index is 1.56. The number of rotatable bonds is 2. The smallest absolute Gasteiger partial charge is 0.194 e. The lowest BCUT2D eigenvalue weighted by molar-refractivity contribution is 0.0979. The molecule has 1 N–H and O–H groups in total. The van der Waals surface area contributed by atoms with E-state index in [1.165, 1.54) is 0 Å². The van der Waals surface area contributed by atoms with E-state index >= 15 is 0 Å². The highest BCUT2D eigenvalue weighted by molar-refractivity contribution is 6.28. The average molecular weight is 378 g/mol. The minimum Gasteiger partial charge on any atom is -0.507 e. The third kappa shape index (κ3) is 2.72. The summed E-state index contributed by atoms with van der Waals surface area (Å²) in [4.78, 5) is 25.5. The summed E-state index contributed by atoms with van der Waals surface area (Å²) < 4.78 is 0. The van der Waals surface area contributed by atoms with Crippen molar-refractivity contribution in [2.75, 3.05) is 0 Å². The first-order valence-corrected chi connectivity index (χ1v) is 9.08. The van der Waals surface area contributed by atoms with Crippen LogP contribution in [0.5, 0.6) is 5.75 Å². The van der Waals surface area contributed by atoms with Gasteiger partial charge in [0.2, 0.25) is 0 Å². The van der Waals surface area contributed by atoms with Crippen LogP contribution in [0.15, 0.2) is 89.1 Å². The van der Waals surface area contributed by atoms with Gasteiger partial charge in [0.05, 0.1) is 11.4 Å². The van der Waals surface area contributed by atoms with Crippen LogP contribution in [0.1, 0.15) is 31.8 Å². The molecule has 0 radical (unpaired) electrons. The zero-order valence-electron chi connectivity index (χ0n) is 15.2. The first-order chi connectivity index (χ1) is 14.1. The second-order valence-electron chi connectivity index (χ2n) is 6.78. The molecular weight excluding hydrogens is 364 g/mol. The van der Waals surface area contributed by atoms with Crippen molar-refractivity contribution in [3.63, 3.8) is 0 Å². The van der Waals surface area contributed by atoms with Crippen LogP contribution in [-0.2, 0) is 0 Å². The van der Waals surface area contributed by atoms with Crippen LogP contribution in [0.3, 0.4) is 0 Å². The molecule has 5 heteroatoms. The first kappa shape index (κ1) is 17.0. The topological polar surface area (TPSA) is 79.1 Å². The number of nitrogens with zero attached hydrogens (tertiary/aromatic N) is 2. The predicted molar refractivity (Wildman–Crippen MR) is 110 cm³/mol. The maximum Gasteiger partial charge on any atom is 0.194 e. The Labute approximate surface area is 166 Å². The highest BCUT2D eigenvalue weighted by Gasteiger charge is 2.29. The van der Waals surface area contributed by atoms with Gasteiger partial charge in [-0.2, -0.15) is 5.11 Å². The van der Waals surface area contributed by atoms with Crippen molar-refractivity contribution >= 4 is 33.7 Å². The van der Waals surface area contributed by atoms with Gasteiger partial charge in [0.1, 0.15) is 5.75 Å². The molecule has 4 aromatic rings. The summed E-state index contributed by atoms with van der Waals surface area (Å²) in [5, 5.41) is 20.0. The predicted octanol–water partition coefficient (Wildman–Crippen LogP) is 5.74. The van der Waals surface area contributed by atoms with Gasteiger partial charge in [0, 0.05) is 33.0 Å². The second-order valence-corrected chi connectivity index (χ2v) is 6.78. The third-order valence-corrected chi connectivity index (χ3v) is 5.06. The summed E-state index contributed by atoms with van der Waals surface area (Å²) in [6, 6.07) is 22.3. The fourth-order valence-electron chi connectivity index (χ4n) is 3.62. The SMILES string of the molecule is O=C1c2ccccc2C(=O)c2cc(N=Nc3ccc(O)c4ccccc34)ccc21. The summed E-state index contributed by atoms with van der Waals surface area (Å²) in [5.41, 5.74) is 2.62. The van der Waals surface area contributed by atoms with E-state index in [1.54, 1.807) is 54.6 Å². The molecule has 0 aromatic heterocycles. The molecule has 0 bridgehead atoms. The molecule has 0 unspecified atom stereocenters. The van der Waals surface area contributed by atoms with Crippen LogP contribution in [0.25, 0.3) is 10.8 Å². The average Bonchev–Trinajstić information content (AvgIpc) is 2.77. The number of carbonyl (C=O) groups excluding carboxylic acids is 2. The molecule has 1 aliphatic carbocycles. The molecule has 138 valence electrons. The lowest BCUT2D eigenvalue weighted by Crippen LogP contribution is -2.20. The van der Waals surface area contributed by atoms with Crippen LogP contribution < -0.4 is 0 Å². The Bertz CT molecular complexity index is 1360. The summed E-state index contributed by atoms with van der Waals surface area (Å²) >= 11 is 0. The largest absolute Gasteiger partial charge is 0.507 e. The van der Waals surface area contributed by atoms with Gasteiger partial charge >= 0.3 is 0 Å². The number of hydrogen-bond acceptors (Lipinski definition) is 5. The molecule has 0 aliphatic heterocycles. The van der Waals surface area contributed by atoms with E-state index in [0.29, 0.717) is 39.0 Å². The Kier molecular flexibility index (Phi) is 3.81. The monoisotopic (exact) mass is 378 g/mol. The number of phenols is 1. The molecule has 0 amide bonds. The number of fused-ring (bicyclic) bond motifs is 3. The quantitative estimate of drug-likeness (QED) is 0.398. The summed E-state index contributed by atoms with van der Waals surface area (Å²) in [7, 11) is 0. The van der Waals surface area contributed by atoms with Crippen LogP contribution in [0.2, 0.25) is 0 Å². The second kappa shape index (κ2) is 6.49. The van der Waals surface area contributed by atoms with Crippen molar-refractivity contribution in [3.05, 3.63) is 101 Å². The first-order valence-electron chi connectivity index (χ1n) is 9.08. The van der Waals surface area contributed by atoms with E-state index < -0.39 is 0 Å². The van der Waals surface area contributed by atoms with Crippen molar-refractivity contribution in [3.8, 4) is 5.75 Å². The highest BCUT2D eigenvalue weighted by atomic mass is 16.3. The number of carbonyl (C=O) groups is 2. The van der Waals surface area contributed by atoms with Crippen LogP contribution in [-0.4, -0.2) is 16.7 Å². The van der Waals surface area contributed by atoms with Gasteiger partial charge < -0.3 is 5.11 Å². The van der Waals surface area contributed by atoms with E-state index in [1.807, 2.05) is 24.3 Å². The molecule has 0 spiro atoms. The zero-order chi connectivity index (χ0) is 20.0. The molecule has 5 rings (SSSR count). The Morgan fingerprint density at radius 2 is 1.21 bits per heavy atom. The number of ketones is 2. The summed E-state index contributed by atoms with van der Waals surface area (Å²) in [6.07, 6.45) is 0. The molecule has 29 heavy (non-hydrogen) atoms. The maximum absolute atomic E-state index is 12.8. The molecule has 5 nitrogen and oxygen atoms in total. The Morgan fingerprint density at radius 3 is 1.97 bits per heavy atom. The van der Waals surface area contributed by atoms with Gasteiger partial charge in [-0.1, -0.05) is 48.5 Å². The van der Waals surface area contributed by atoms with E-state index in [4.69, 9.17) is 0 Å². The summed E-state index contributed by atoms with van der Waals surface area (Å²) in [5.74, 6) is -0.179. The molecule has 0 fully saturated rings. The normalized spacial score (nSPS) is 13.0.